The van der Waals surface area contributed by atoms with E-state index in [2.05, 4.69) is 18.2 Å². The van der Waals surface area contributed by atoms with Gasteiger partial charge in [-0.3, -0.25) is 0 Å². The van der Waals surface area contributed by atoms with E-state index in [0.717, 1.165) is 16.9 Å². The quantitative estimate of drug-likeness (QED) is 0.900. The summed E-state index contributed by atoms with van der Waals surface area (Å²) in [6, 6.07) is 16.1. The summed E-state index contributed by atoms with van der Waals surface area (Å²) in [6.07, 6.45) is 0.424. The van der Waals surface area contributed by atoms with Gasteiger partial charge in [0.25, 0.3) is 0 Å². The third kappa shape index (κ3) is 2.55. The normalized spacial score (nSPS) is 21.1. The molecule has 2 unspecified atom stereocenters. The molecule has 1 heterocycles. The maximum absolute atomic E-state index is 9.90. The molecule has 2 N–H and O–H groups in total. The van der Waals surface area contributed by atoms with Crippen LogP contribution in [0.15, 0.2) is 48.5 Å². The molecule has 1 aliphatic heterocycles. The van der Waals surface area contributed by atoms with E-state index in [9.17, 15) is 5.11 Å². The lowest BCUT2D eigenvalue weighted by Crippen LogP contribution is -2.25. The maximum atomic E-state index is 9.90. The molecular formula is C17H18O3. The smallest absolute Gasteiger partial charge is 0.198 e. The largest absolute Gasteiger partial charge is 0.465 e. The van der Waals surface area contributed by atoms with Gasteiger partial charge < -0.3 is 14.9 Å². The Bertz CT molecular complexity index is 580. The summed E-state index contributed by atoms with van der Waals surface area (Å²) < 4.78 is 5.51. The summed E-state index contributed by atoms with van der Waals surface area (Å²) >= 11 is 0. The monoisotopic (exact) mass is 270 g/mol. The Labute approximate surface area is 118 Å². The first-order chi connectivity index (χ1) is 9.78. The first-order valence-corrected chi connectivity index (χ1v) is 6.91. The topological polar surface area (TPSA) is 49.7 Å². The van der Waals surface area contributed by atoms with Crippen molar-refractivity contribution in [3.05, 3.63) is 65.2 Å². The zero-order valence-electron chi connectivity index (χ0n) is 11.2. The highest BCUT2D eigenvalue weighted by molar-refractivity contribution is 5.46. The van der Waals surface area contributed by atoms with Gasteiger partial charge in [0.05, 0.1) is 0 Å². The predicted molar refractivity (Wildman–Crippen MR) is 76.8 cm³/mol. The van der Waals surface area contributed by atoms with E-state index in [0.29, 0.717) is 12.8 Å². The van der Waals surface area contributed by atoms with Crippen molar-refractivity contribution in [2.75, 3.05) is 6.61 Å². The van der Waals surface area contributed by atoms with E-state index in [4.69, 9.17) is 9.84 Å². The van der Waals surface area contributed by atoms with Gasteiger partial charge in [0, 0.05) is 24.5 Å². The molecule has 3 nitrogen and oxygen atoms in total. The van der Waals surface area contributed by atoms with Crippen LogP contribution in [0.1, 0.15) is 29.0 Å². The summed E-state index contributed by atoms with van der Waals surface area (Å²) in [5.74, 6) is 0.868. The number of hydrogen-bond acceptors (Lipinski definition) is 3. The van der Waals surface area contributed by atoms with Crippen LogP contribution >= 0.6 is 0 Å². The Morgan fingerprint density at radius 3 is 2.65 bits per heavy atom. The fourth-order valence-corrected chi connectivity index (χ4v) is 2.79. The Hall–Kier alpha value is -1.84. The zero-order valence-corrected chi connectivity index (χ0v) is 11.2. The molecule has 2 aromatic rings. The van der Waals surface area contributed by atoms with Crippen LogP contribution in [0, 0.1) is 0 Å². The SMILES string of the molecule is OCCc1ccc2c(c1)C(c1ccccc1)CC(O)O2. The number of benzene rings is 2. The minimum Gasteiger partial charge on any atom is -0.465 e. The molecule has 2 atom stereocenters. The van der Waals surface area contributed by atoms with Crippen molar-refractivity contribution >= 4 is 0 Å². The minimum atomic E-state index is -0.767. The van der Waals surface area contributed by atoms with Gasteiger partial charge in [-0.25, -0.2) is 0 Å². The predicted octanol–water partition coefficient (Wildman–Crippen LogP) is 2.45. The molecule has 0 saturated heterocycles. The Morgan fingerprint density at radius 2 is 1.90 bits per heavy atom. The van der Waals surface area contributed by atoms with Gasteiger partial charge in [0.15, 0.2) is 6.29 Å². The number of fused-ring (bicyclic) bond motifs is 1. The third-order valence-corrected chi connectivity index (χ3v) is 3.75. The van der Waals surface area contributed by atoms with Gasteiger partial charge >= 0.3 is 0 Å². The fraction of sp³-hybridized carbons (Fsp3) is 0.294. The maximum Gasteiger partial charge on any atom is 0.198 e. The second-order valence-electron chi connectivity index (χ2n) is 5.12. The number of ether oxygens (including phenoxy) is 1. The average Bonchev–Trinajstić information content (AvgIpc) is 2.48. The second kappa shape index (κ2) is 5.65. The minimum absolute atomic E-state index is 0.133. The van der Waals surface area contributed by atoms with Crippen LogP contribution in [0.25, 0.3) is 0 Å². The number of aliphatic hydroxyl groups excluding tert-OH is 2. The van der Waals surface area contributed by atoms with Crippen LogP contribution in [-0.2, 0) is 6.42 Å². The summed E-state index contributed by atoms with van der Waals surface area (Å²) in [5.41, 5.74) is 3.36. The highest BCUT2D eigenvalue weighted by Gasteiger charge is 2.28. The van der Waals surface area contributed by atoms with E-state index in [1.807, 2.05) is 30.3 Å². The number of hydrogen-bond donors (Lipinski definition) is 2. The van der Waals surface area contributed by atoms with E-state index in [1.54, 1.807) is 0 Å². The fourth-order valence-electron chi connectivity index (χ4n) is 2.79. The molecule has 3 heteroatoms. The van der Waals surface area contributed by atoms with Crippen molar-refractivity contribution in [1.29, 1.82) is 0 Å². The molecule has 104 valence electrons. The molecule has 0 aliphatic carbocycles. The number of rotatable bonds is 3. The Balaban J connectivity index is 2.03. The van der Waals surface area contributed by atoms with Gasteiger partial charge in [-0.15, -0.1) is 0 Å². The second-order valence-corrected chi connectivity index (χ2v) is 5.12. The molecule has 0 spiro atoms. The van der Waals surface area contributed by atoms with E-state index < -0.39 is 6.29 Å². The van der Waals surface area contributed by atoms with E-state index in [1.165, 1.54) is 5.56 Å². The van der Waals surface area contributed by atoms with Crippen LogP contribution < -0.4 is 4.74 Å². The molecule has 2 aromatic carbocycles. The van der Waals surface area contributed by atoms with Gasteiger partial charge in [-0.05, 0) is 23.6 Å². The lowest BCUT2D eigenvalue weighted by Gasteiger charge is -2.30. The van der Waals surface area contributed by atoms with Gasteiger partial charge in [-0.1, -0.05) is 42.5 Å². The van der Waals surface area contributed by atoms with Crippen LogP contribution in [0.2, 0.25) is 0 Å². The average molecular weight is 270 g/mol. The van der Waals surface area contributed by atoms with E-state index in [-0.39, 0.29) is 12.5 Å². The number of aliphatic hydroxyl groups is 2. The third-order valence-electron chi connectivity index (χ3n) is 3.75. The van der Waals surface area contributed by atoms with E-state index >= 15 is 0 Å². The van der Waals surface area contributed by atoms with Crippen LogP contribution in [0.3, 0.4) is 0 Å². The highest BCUT2D eigenvalue weighted by Crippen LogP contribution is 2.40. The summed E-state index contributed by atoms with van der Waals surface area (Å²) in [4.78, 5) is 0. The first kappa shape index (κ1) is 13.2. The lowest BCUT2D eigenvalue weighted by molar-refractivity contribution is -0.0359. The molecular weight excluding hydrogens is 252 g/mol. The molecule has 3 rings (SSSR count). The van der Waals surface area contributed by atoms with Gasteiger partial charge in [-0.2, -0.15) is 0 Å². The summed E-state index contributed by atoms with van der Waals surface area (Å²) in [7, 11) is 0. The zero-order chi connectivity index (χ0) is 13.9. The first-order valence-electron chi connectivity index (χ1n) is 6.91. The lowest BCUT2D eigenvalue weighted by atomic mass is 9.85. The molecule has 0 saturated carbocycles. The van der Waals surface area contributed by atoms with Gasteiger partial charge in [0.1, 0.15) is 5.75 Å². The van der Waals surface area contributed by atoms with Crippen LogP contribution in [0.4, 0.5) is 0 Å². The van der Waals surface area contributed by atoms with Crippen molar-refractivity contribution in [1.82, 2.24) is 0 Å². The van der Waals surface area contributed by atoms with Crippen LogP contribution in [-0.4, -0.2) is 23.1 Å². The Kier molecular flexibility index (Phi) is 3.72. The summed E-state index contributed by atoms with van der Waals surface area (Å²) in [5, 5.41) is 19.0. The molecule has 1 aliphatic rings. The molecule has 20 heavy (non-hydrogen) atoms. The molecule has 0 fully saturated rings. The van der Waals surface area contributed by atoms with Crippen molar-refractivity contribution in [2.24, 2.45) is 0 Å². The molecule has 0 aromatic heterocycles. The standard InChI is InChI=1S/C17H18O3/c18-9-8-12-6-7-16-15(10-12)14(11-17(19)20-16)13-4-2-1-3-5-13/h1-7,10,14,17-19H,8-9,11H2. The Morgan fingerprint density at radius 1 is 1.10 bits per heavy atom. The van der Waals surface area contributed by atoms with Crippen molar-refractivity contribution < 1.29 is 14.9 Å². The van der Waals surface area contributed by atoms with Crippen molar-refractivity contribution in [3.63, 3.8) is 0 Å². The molecule has 0 bridgehead atoms. The van der Waals surface area contributed by atoms with Gasteiger partial charge in [0.2, 0.25) is 0 Å². The van der Waals surface area contributed by atoms with Crippen molar-refractivity contribution in [2.45, 2.75) is 25.0 Å². The molecule has 0 radical (unpaired) electrons. The van der Waals surface area contributed by atoms with Crippen molar-refractivity contribution in [3.8, 4) is 5.75 Å². The molecule has 0 amide bonds. The van der Waals surface area contributed by atoms with Crippen LogP contribution in [0.5, 0.6) is 5.75 Å². The highest BCUT2D eigenvalue weighted by atomic mass is 16.6. The summed E-state index contributed by atoms with van der Waals surface area (Å²) in [6.45, 7) is 0.137.